The number of anilines is 1. The van der Waals surface area contributed by atoms with Crippen LogP contribution in [-0.2, 0) is 0 Å². The second-order valence-electron chi connectivity index (χ2n) is 5.58. The van der Waals surface area contributed by atoms with Crippen molar-refractivity contribution in [2.45, 2.75) is 0 Å². The smallest absolute Gasteiger partial charge is 0.203 e. The van der Waals surface area contributed by atoms with E-state index in [0.717, 1.165) is 16.5 Å². The van der Waals surface area contributed by atoms with Crippen molar-refractivity contribution in [3.8, 4) is 22.8 Å². The van der Waals surface area contributed by atoms with Crippen LogP contribution in [0.2, 0.25) is 0 Å². The summed E-state index contributed by atoms with van der Waals surface area (Å²) >= 11 is 1.41. The van der Waals surface area contributed by atoms with Crippen LogP contribution >= 0.6 is 11.3 Å². The highest BCUT2D eigenvalue weighted by atomic mass is 32.1. The van der Waals surface area contributed by atoms with Gasteiger partial charge in [-0.05, 0) is 24.3 Å². The molecule has 0 radical (unpaired) electrons. The fraction of sp³-hybridized carbons (Fsp3) is 0.0526. The number of hydrazone groups is 1. The van der Waals surface area contributed by atoms with Crippen LogP contribution in [0, 0.1) is 0 Å². The molecule has 2 aromatic heterocycles. The van der Waals surface area contributed by atoms with Gasteiger partial charge in [0.1, 0.15) is 11.5 Å². The Morgan fingerprint density at radius 1 is 1.27 bits per heavy atom. The van der Waals surface area contributed by atoms with Crippen molar-refractivity contribution < 1.29 is 9.84 Å². The fourth-order valence-electron chi connectivity index (χ4n) is 2.65. The van der Waals surface area contributed by atoms with Crippen LogP contribution in [0.1, 0.15) is 5.56 Å². The highest BCUT2D eigenvalue weighted by Gasteiger charge is 2.10. The van der Waals surface area contributed by atoms with Gasteiger partial charge in [-0.2, -0.15) is 5.10 Å². The maximum Gasteiger partial charge on any atom is 0.203 e. The van der Waals surface area contributed by atoms with Gasteiger partial charge in [-0.1, -0.05) is 18.2 Å². The average molecular weight is 364 g/mol. The molecule has 0 saturated carbocycles. The second kappa shape index (κ2) is 6.89. The number of nitrogens with one attached hydrogen (secondary N) is 2. The maximum absolute atomic E-state index is 10.1. The Morgan fingerprint density at radius 2 is 2.15 bits per heavy atom. The van der Waals surface area contributed by atoms with E-state index < -0.39 is 0 Å². The molecule has 4 rings (SSSR count). The number of methoxy groups -OCH3 is 1. The van der Waals surface area contributed by atoms with E-state index in [1.807, 2.05) is 35.8 Å². The summed E-state index contributed by atoms with van der Waals surface area (Å²) in [7, 11) is 1.59. The molecule has 0 fully saturated rings. The normalized spacial score (nSPS) is 11.3. The molecule has 0 atom stereocenters. The molecule has 4 aromatic rings. The molecular weight excluding hydrogens is 348 g/mol. The molecular formula is C19H16N4O2S. The number of nitrogens with zero attached hydrogens (tertiary/aromatic N) is 2. The molecule has 0 bridgehead atoms. The number of ether oxygens (including phenoxy) is 1. The van der Waals surface area contributed by atoms with Crippen molar-refractivity contribution in [2.75, 3.05) is 12.5 Å². The first-order valence-corrected chi connectivity index (χ1v) is 8.80. The second-order valence-corrected chi connectivity index (χ2v) is 6.44. The van der Waals surface area contributed by atoms with Crippen molar-refractivity contribution in [3.05, 3.63) is 59.6 Å². The monoisotopic (exact) mass is 364 g/mol. The SMILES string of the molecule is COc1ccc(O)c(-c2csc(N/N=C/c3c[nH]c4ccccc34)n2)c1. The van der Waals surface area contributed by atoms with E-state index in [9.17, 15) is 5.11 Å². The summed E-state index contributed by atoms with van der Waals surface area (Å²) in [6, 6.07) is 13.1. The van der Waals surface area contributed by atoms with Gasteiger partial charge in [0.15, 0.2) is 0 Å². The number of phenolic OH excluding ortho intramolecular Hbond substituents is 1. The quantitative estimate of drug-likeness (QED) is 0.361. The van der Waals surface area contributed by atoms with E-state index in [-0.39, 0.29) is 5.75 Å². The number of hydrogen-bond donors (Lipinski definition) is 3. The van der Waals surface area contributed by atoms with Crippen molar-refractivity contribution in [2.24, 2.45) is 5.10 Å². The lowest BCUT2D eigenvalue weighted by molar-refractivity contribution is 0.412. The van der Waals surface area contributed by atoms with E-state index in [0.29, 0.717) is 22.1 Å². The van der Waals surface area contributed by atoms with E-state index >= 15 is 0 Å². The minimum atomic E-state index is 0.157. The first-order chi connectivity index (χ1) is 12.7. The first-order valence-electron chi connectivity index (χ1n) is 7.92. The maximum atomic E-state index is 10.1. The average Bonchev–Trinajstić information content (AvgIpc) is 3.30. The molecule has 3 N–H and O–H groups in total. The first kappa shape index (κ1) is 16.2. The van der Waals surface area contributed by atoms with Crippen molar-refractivity contribution in [1.29, 1.82) is 0 Å². The fourth-order valence-corrected chi connectivity index (χ4v) is 3.31. The number of thiazole rings is 1. The predicted octanol–water partition coefficient (Wildman–Crippen LogP) is 4.45. The molecule has 26 heavy (non-hydrogen) atoms. The van der Waals surface area contributed by atoms with Gasteiger partial charge in [-0.25, -0.2) is 4.98 Å². The van der Waals surface area contributed by atoms with Crippen LogP contribution in [0.15, 0.2) is 59.1 Å². The zero-order valence-corrected chi connectivity index (χ0v) is 14.7. The lowest BCUT2D eigenvalue weighted by atomic mass is 10.1. The van der Waals surface area contributed by atoms with Crippen molar-refractivity contribution in [3.63, 3.8) is 0 Å². The molecule has 7 heteroatoms. The number of rotatable bonds is 5. The molecule has 0 aliphatic heterocycles. The Hall–Kier alpha value is -3.32. The Morgan fingerprint density at radius 3 is 3.04 bits per heavy atom. The number of phenols is 1. The van der Waals surface area contributed by atoms with Crippen LogP contribution in [-0.4, -0.2) is 28.4 Å². The third-order valence-corrected chi connectivity index (χ3v) is 4.72. The molecule has 0 saturated heterocycles. The summed E-state index contributed by atoms with van der Waals surface area (Å²) < 4.78 is 5.20. The number of fused-ring (bicyclic) bond motifs is 1. The Labute approximate surface area is 153 Å². The molecule has 0 aliphatic rings. The zero-order valence-electron chi connectivity index (χ0n) is 13.9. The van der Waals surface area contributed by atoms with Crippen LogP contribution in [0.4, 0.5) is 5.13 Å². The summed E-state index contributed by atoms with van der Waals surface area (Å²) in [6.07, 6.45) is 3.67. The van der Waals surface area contributed by atoms with Gasteiger partial charge >= 0.3 is 0 Å². The Kier molecular flexibility index (Phi) is 4.28. The zero-order chi connectivity index (χ0) is 17.9. The third kappa shape index (κ3) is 3.12. The summed E-state index contributed by atoms with van der Waals surface area (Å²) in [5.41, 5.74) is 6.28. The predicted molar refractivity (Wildman–Crippen MR) is 105 cm³/mol. The minimum absolute atomic E-state index is 0.157. The standard InChI is InChI=1S/C19H16N4O2S/c1-25-13-6-7-18(24)15(8-13)17-11-26-19(22-17)23-21-10-12-9-20-16-5-3-2-4-14(12)16/h2-11,20,24H,1H3,(H,22,23)/b21-10+. The molecule has 0 amide bonds. The Balaban J connectivity index is 1.52. The summed E-state index contributed by atoms with van der Waals surface area (Å²) in [4.78, 5) is 7.68. The number of aromatic amines is 1. The highest BCUT2D eigenvalue weighted by Crippen LogP contribution is 2.34. The highest BCUT2D eigenvalue weighted by molar-refractivity contribution is 7.14. The number of para-hydroxylation sites is 1. The van der Waals surface area contributed by atoms with Crippen molar-refractivity contribution in [1.82, 2.24) is 9.97 Å². The van der Waals surface area contributed by atoms with Gasteiger partial charge in [0.25, 0.3) is 0 Å². The number of aromatic nitrogens is 2. The van der Waals surface area contributed by atoms with Gasteiger partial charge in [-0.3, -0.25) is 5.43 Å². The third-order valence-electron chi connectivity index (χ3n) is 3.97. The van der Waals surface area contributed by atoms with Crippen LogP contribution in [0.3, 0.4) is 0 Å². The number of benzene rings is 2. The van der Waals surface area contributed by atoms with Gasteiger partial charge in [0, 0.05) is 33.6 Å². The lowest BCUT2D eigenvalue weighted by Gasteiger charge is -2.04. The van der Waals surface area contributed by atoms with Gasteiger partial charge < -0.3 is 14.8 Å². The molecule has 2 aromatic carbocycles. The van der Waals surface area contributed by atoms with Gasteiger partial charge in [-0.15, -0.1) is 11.3 Å². The van der Waals surface area contributed by atoms with Crippen LogP contribution < -0.4 is 10.2 Å². The minimum Gasteiger partial charge on any atom is -0.507 e. The van der Waals surface area contributed by atoms with Crippen LogP contribution in [0.25, 0.3) is 22.2 Å². The van der Waals surface area contributed by atoms with Crippen molar-refractivity contribution >= 4 is 33.6 Å². The molecule has 2 heterocycles. The Bertz CT molecular complexity index is 1080. The topological polar surface area (TPSA) is 82.5 Å². The number of hydrogen-bond acceptors (Lipinski definition) is 6. The number of aromatic hydroxyl groups is 1. The van der Waals surface area contributed by atoms with E-state index in [4.69, 9.17) is 4.74 Å². The molecule has 0 unspecified atom stereocenters. The molecule has 130 valence electrons. The van der Waals surface area contributed by atoms with Gasteiger partial charge in [0.05, 0.1) is 19.0 Å². The lowest BCUT2D eigenvalue weighted by Crippen LogP contribution is -1.90. The largest absolute Gasteiger partial charge is 0.507 e. The van der Waals surface area contributed by atoms with Gasteiger partial charge in [0.2, 0.25) is 5.13 Å². The van der Waals surface area contributed by atoms with E-state index in [1.165, 1.54) is 11.3 Å². The summed E-state index contributed by atoms with van der Waals surface area (Å²) in [5.74, 6) is 0.822. The molecule has 0 aliphatic carbocycles. The molecule has 6 nitrogen and oxygen atoms in total. The number of H-pyrrole nitrogens is 1. The van der Waals surface area contributed by atoms with E-state index in [2.05, 4.69) is 20.5 Å². The van der Waals surface area contributed by atoms with E-state index in [1.54, 1.807) is 31.5 Å². The summed E-state index contributed by atoms with van der Waals surface area (Å²) in [5, 5.41) is 17.9. The molecule has 0 spiro atoms. The van der Waals surface area contributed by atoms with Crippen LogP contribution in [0.5, 0.6) is 11.5 Å². The summed E-state index contributed by atoms with van der Waals surface area (Å²) in [6.45, 7) is 0.